The van der Waals surface area contributed by atoms with Gasteiger partial charge >= 0.3 is 0 Å². The van der Waals surface area contributed by atoms with Crippen molar-refractivity contribution in [3.8, 4) is 0 Å². The second-order valence-corrected chi connectivity index (χ2v) is 5.01. The average molecular weight is 233 g/mol. The van der Waals surface area contributed by atoms with Crippen molar-refractivity contribution >= 4 is 27.3 Å². The molecular weight excluding hydrogens is 224 g/mol. The van der Waals surface area contributed by atoms with Gasteiger partial charge in [-0.15, -0.1) is 11.3 Å². The van der Waals surface area contributed by atoms with E-state index in [-0.39, 0.29) is 0 Å². The number of rotatable bonds is 0. The van der Waals surface area contributed by atoms with Crippen molar-refractivity contribution in [3.05, 3.63) is 14.5 Å². The summed E-state index contributed by atoms with van der Waals surface area (Å²) >= 11 is 5.14. The summed E-state index contributed by atoms with van der Waals surface area (Å²) in [5.41, 5.74) is 1.27. The van der Waals surface area contributed by atoms with Gasteiger partial charge in [-0.05, 0) is 22.9 Å². The first kappa shape index (κ1) is 7.71. The van der Waals surface area contributed by atoms with E-state index >= 15 is 0 Å². The first-order chi connectivity index (χ1) is 5.27. The number of hydrogen-bond donors (Lipinski definition) is 1. The Balaban J connectivity index is 2.43. The summed E-state index contributed by atoms with van der Waals surface area (Å²) in [5.74, 6) is 0. The van der Waals surface area contributed by atoms with Gasteiger partial charge in [-0.25, -0.2) is 4.98 Å². The molecule has 11 heavy (non-hydrogen) atoms. The maximum atomic E-state index is 4.40. The predicted octanol–water partition coefficient (Wildman–Crippen LogP) is 2.11. The van der Waals surface area contributed by atoms with Crippen molar-refractivity contribution in [1.82, 2.24) is 10.3 Å². The van der Waals surface area contributed by atoms with Crippen LogP contribution in [0, 0.1) is 0 Å². The van der Waals surface area contributed by atoms with Crippen molar-refractivity contribution in [2.75, 3.05) is 6.54 Å². The summed E-state index contributed by atoms with van der Waals surface area (Å²) in [5, 5.41) is 3.40. The minimum Gasteiger partial charge on any atom is -0.309 e. The number of hydrogen-bond acceptors (Lipinski definition) is 3. The standard InChI is InChI=1S/C7H9BrN2S/c1-4-6-5(2-3-9-4)10-7(8)11-6/h4,9H,2-3H2,1H3/t4-/m1/s1. The van der Waals surface area contributed by atoms with Gasteiger partial charge in [0.2, 0.25) is 0 Å². The third-order valence-corrected chi connectivity index (χ3v) is 3.64. The number of fused-ring (bicyclic) bond motifs is 1. The number of aromatic nitrogens is 1. The largest absolute Gasteiger partial charge is 0.309 e. The molecule has 0 radical (unpaired) electrons. The highest BCUT2D eigenvalue weighted by atomic mass is 79.9. The van der Waals surface area contributed by atoms with Crippen molar-refractivity contribution in [1.29, 1.82) is 0 Å². The number of halogens is 1. The normalized spacial score (nSPS) is 23.3. The van der Waals surface area contributed by atoms with Crippen LogP contribution in [-0.4, -0.2) is 11.5 Å². The summed E-state index contributed by atoms with van der Waals surface area (Å²) in [6, 6.07) is 0.488. The molecule has 1 N–H and O–H groups in total. The third kappa shape index (κ3) is 1.35. The smallest absolute Gasteiger partial charge is 0.159 e. The molecule has 1 aliphatic heterocycles. The van der Waals surface area contributed by atoms with Gasteiger partial charge < -0.3 is 5.32 Å². The molecule has 4 heteroatoms. The lowest BCUT2D eigenvalue weighted by Crippen LogP contribution is -2.26. The van der Waals surface area contributed by atoms with Crippen molar-refractivity contribution in [2.24, 2.45) is 0 Å². The monoisotopic (exact) mass is 232 g/mol. The van der Waals surface area contributed by atoms with Crippen LogP contribution in [0.15, 0.2) is 3.92 Å². The van der Waals surface area contributed by atoms with E-state index in [4.69, 9.17) is 0 Å². The van der Waals surface area contributed by atoms with Crippen molar-refractivity contribution in [2.45, 2.75) is 19.4 Å². The summed E-state index contributed by atoms with van der Waals surface area (Å²) < 4.78 is 1.01. The second-order valence-electron chi connectivity index (χ2n) is 2.70. The summed E-state index contributed by atoms with van der Waals surface area (Å²) in [7, 11) is 0. The molecule has 0 aliphatic carbocycles. The molecule has 0 unspecified atom stereocenters. The molecule has 2 rings (SSSR count). The van der Waals surface area contributed by atoms with Crippen molar-refractivity contribution < 1.29 is 0 Å². The first-order valence-corrected chi connectivity index (χ1v) is 5.27. The van der Waals surface area contributed by atoms with Gasteiger partial charge in [-0.3, -0.25) is 0 Å². The lowest BCUT2D eigenvalue weighted by Gasteiger charge is -2.18. The lowest BCUT2D eigenvalue weighted by molar-refractivity contribution is 0.544. The van der Waals surface area contributed by atoms with Gasteiger partial charge in [0.1, 0.15) is 0 Å². The van der Waals surface area contributed by atoms with E-state index < -0.39 is 0 Å². The zero-order valence-corrected chi connectivity index (χ0v) is 8.63. The SMILES string of the molecule is C[C@H]1NCCc2nc(Br)sc21. The van der Waals surface area contributed by atoms with Crippen LogP contribution in [0.1, 0.15) is 23.5 Å². The van der Waals surface area contributed by atoms with Gasteiger partial charge in [-0.2, -0.15) is 0 Å². The molecule has 1 atom stereocenters. The Labute approximate surface area is 78.2 Å². The highest BCUT2D eigenvalue weighted by molar-refractivity contribution is 9.11. The third-order valence-electron chi connectivity index (χ3n) is 1.91. The van der Waals surface area contributed by atoms with Crippen LogP contribution < -0.4 is 5.32 Å². The minimum absolute atomic E-state index is 0.488. The summed E-state index contributed by atoms with van der Waals surface area (Å²) in [6.45, 7) is 3.24. The number of thiazole rings is 1. The molecule has 1 aromatic rings. The Hall–Kier alpha value is 0.0700. The molecule has 0 amide bonds. The fourth-order valence-corrected chi connectivity index (χ4v) is 2.95. The van der Waals surface area contributed by atoms with Gasteiger partial charge in [0.25, 0.3) is 0 Å². The van der Waals surface area contributed by atoms with Crippen LogP contribution in [0.3, 0.4) is 0 Å². The molecule has 0 spiro atoms. The van der Waals surface area contributed by atoms with Crippen LogP contribution in [0.25, 0.3) is 0 Å². The molecule has 0 bridgehead atoms. The highest BCUT2D eigenvalue weighted by Crippen LogP contribution is 2.30. The van der Waals surface area contributed by atoms with E-state index in [1.54, 1.807) is 11.3 Å². The van der Waals surface area contributed by atoms with Crippen molar-refractivity contribution in [3.63, 3.8) is 0 Å². The fraction of sp³-hybridized carbons (Fsp3) is 0.571. The molecule has 1 aromatic heterocycles. The summed E-state index contributed by atoms with van der Waals surface area (Å²) in [4.78, 5) is 5.79. The van der Waals surface area contributed by atoms with Gasteiger partial charge in [0.05, 0.1) is 5.69 Å². The van der Waals surface area contributed by atoms with Gasteiger partial charge in [-0.1, -0.05) is 0 Å². The molecule has 0 aromatic carbocycles. The Morgan fingerprint density at radius 3 is 3.27 bits per heavy atom. The average Bonchev–Trinajstić information content (AvgIpc) is 2.31. The molecular formula is C7H9BrN2S. The van der Waals surface area contributed by atoms with Crippen LogP contribution in [-0.2, 0) is 6.42 Å². The quantitative estimate of drug-likeness (QED) is 0.742. The summed E-state index contributed by atoms with van der Waals surface area (Å²) in [6.07, 6.45) is 1.07. The van der Waals surface area contributed by atoms with Crippen LogP contribution in [0.5, 0.6) is 0 Å². The first-order valence-electron chi connectivity index (χ1n) is 3.66. The zero-order chi connectivity index (χ0) is 7.84. The minimum atomic E-state index is 0.488. The van der Waals surface area contributed by atoms with E-state index in [0.29, 0.717) is 6.04 Å². The molecule has 0 saturated carbocycles. The molecule has 1 aliphatic rings. The van der Waals surface area contributed by atoms with E-state index in [0.717, 1.165) is 16.9 Å². The highest BCUT2D eigenvalue weighted by Gasteiger charge is 2.19. The number of nitrogens with zero attached hydrogens (tertiary/aromatic N) is 1. The predicted molar refractivity (Wildman–Crippen MR) is 49.9 cm³/mol. The van der Waals surface area contributed by atoms with E-state index in [9.17, 15) is 0 Å². The Morgan fingerprint density at radius 1 is 1.73 bits per heavy atom. The Morgan fingerprint density at radius 2 is 2.55 bits per heavy atom. The number of nitrogens with one attached hydrogen (secondary N) is 1. The van der Waals surface area contributed by atoms with E-state index in [1.165, 1.54) is 10.6 Å². The zero-order valence-electron chi connectivity index (χ0n) is 6.22. The Kier molecular flexibility index (Phi) is 1.99. The second kappa shape index (κ2) is 2.84. The maximum absolute atomic E-state index is 4.40. The molecule has 0 fully saturated rings. The topological polar surface area (TPSA) is 24.9 Å². The van der Waals surface area contributed by atoms with E-state index in [2.05, 4.69) is 33.2 Å². The van der Waals surface area contributed by atoms with Crippen LogP contribution in [0.4, 0.5) is 0 Å². The molecule has 0 saturated heterocycles. The maximum Gasteiger partial charge on any atom is 0.159 e. The van der Waals surface area contributed by atoms with Gasteiger partial charge in [0, 0.05) is 23.9 Å². The van der Waals surface area contributed by atoms with Crippen LogP contribution >= 0.6 is 27.3 Å². The molecule has 60 valence electrons. The van der Waals surface area contributed by atoms with Crippen LogP contribution in [0.2, 0.25) is 0 Å². The Bertz CT molecular complexity index is 271. The van der Waals surface area contributed by atoms with Gasteiger partial charge in [0.15, 0.2) is 3.92 Å². The lowest BCUT2D eigenvalue weighted by atomic mass is 10.1. The fourth-order valence-electron chi connectivity index (χ4n) is 1.35. The molecule has 2 heterocycles. The van der Waals surface area contributed by atoms with E-state index in [1.807, 2.05) is 0 Å². The molecule has 2 nitrogen and oxygen atoms in total.